The maximum atomic E-state index is 12.2. The van der Waals surface area contributed by atoms with E-state index < -0.39 is 6.03 Å². The van der Waals surface area contributed by atoms with Crippen LogP contribution in [0.4, 0.5) is 10.6 Å². The number of piperazine rings is 1. The zero-order chi connectivity index (χ0) is 18.5. The van der Waals surface area contributed by atoms with Crippen molar-refractivity contribution >= 4 is 28.7 Å². The van der Waals surface area contributed by atoms with Gasteiger partial charge in [-0.3, -0.25) is 19.9 Å². The van der Waals surface area contributed by atoms with Gasteiger partial charge in [-0.1, -0.05) is 11.2 Å². The molecule has 0 spiro atoms. The topological polar surface area (TPSA) is 81.9 Å². The number of carbonyl (C=O) groups is 2. The van der Waals surface area contributed by atoms with Crippen LogP contribution in [0, 0.1) is 0 Å². The number of imide groups is 1. The van der Waals surface area contributed by atoms with E-state index in [1.807, 2.05) is 6.07 Å². The summed E-state index contributed by atoms with van der Waals surface area (Å²) in [6, 6.07) is 6.88. The zero-order valence-electron chi connectivity index (χ0n) is 15.4. The summed E-state index contributed by atoms with van der Waals surface area (Å²) in [5, 5.41) is 7.24. The van der Waals surface area contributed by atoms with Crippen molar-refractivity contribution in [3.8, 4) is 0 Å². The summed E-state index contributed by atoms with van der Waals surface area (Å²) in [4.78, 5) is 30.1. The van der Waals surface area contributed by atoms with Gasteiger partial charge in [-0.15, -0.1) is 0 Å². The van der Waals surface area contributed by atoms with E-state index >= 15 is 0 Å². The van der Waals surface area contributed by atoms with E-state index in [4.69, 9.17) is 4.52 Å². The van der Waals surface area contributed by atoms with Gasteiger partial charge in [0.15, 0.2) is 11.4 Å². The number of hydrogen-bond acceptors (Lipinski definition) is 6. The lowest BCUT2D eigenvalue weighted by atomic mass is 9.91. The van der Waals surface area contributed by atoms with E-state index in [9.17, 15) is 9.59 Å². The first kappa shape index (κ1) is 16.7. The Morgan fingerprint density at radius 2 is 2.07 bits per heavy atom. The fourth-order valence-corrected chi connectivity index (χ4v) is 4.59. The van der Waals surface area contributed by atoms with E-state index in [-0.39, 0.29) is 12.3 Å². The number of nitrogens with one attached hydrogen (secondary N) is 1. The summed E-state index contributed by atoms with van der Waals surface area (Å²) < 4.78 is 5.41. The highest BCUT2D eigenvalue weighted by molar-refractivity contribution is 6.08. The molecule has 1 N–H and O–H groups in total. The van der Waals surface area contributed by atoms with Gasteiger partial charge in [-0.05, 0) is 37.6 Å². The molecule has 2 atom stereocenters. The lowest BCUT2D eigenvalue weighted by Gasteiger charge is -2.50. The third-order valence-corrected chi connectivity index (χ3v) is 6.13. The van der Waals surface area contributed by atoms with Crippen LogP contribution in [-0.4, -0.2) is 65.7 Å². The number of aromatic nitrogens is 1. The van der Waals surface area contributed by atoms with Crippen molar-refractivity contribution in [1.29, 1.82) is 0 Å². The Morgan fingerprint density at radius 1 is 1.22 bits per heavy atom. The van der Waals surface area contributed by atoms with Crippen LogP contribution in [0.2, 0.25) is 0 Å². The van der Waals surface area contributed by atoms with Gasteiger partial charge in [0, 0.05) is 44.7 Å². The zero-order valence-corrected chi connectivity index (χ0v) is 15.4. The molecular formula is C19H23N5O3. The van der Waals surface area contributed by atoms with Crippen molar-refractivity contribution in [1.82, 2.24) is 20.3 Å². The third kappa shape index (κ3) is 2.89. The van der Waals surface area contributed by atoms with Crippen LogP contribution in [0.3, 0.4) is 0 Å². The molecule has 0 saturated carbocycles. The molecule has 2 aromatic rings. The predicted molar refractivity (Wildman–Crippen MR) is 99.4 cm³/mol. The van der Waals surface area contributed by atoms with Gasteiger partial charge < -0.3 is 9.42 Å². The maximum Gasteiger partial charge on any atom is 0.329 e. The van der Waals surface area contributed by atoms with Gasteiger partial charge in [0.25, 0.3) is 0 Å². The van der Waals surface area contributed by atoms with E-state index in [2.05, 4.69) is 39.5 Å². The SMILES string of the molecule is CN1CC2CCC1CN2Cc1ccc2onc(N3CCC(=O)NC3=O)c2c1. The Labute approximate surface area is 157 Å². The summed E-state index contributed by atoms with van der Waals surface area (Å²) >= 11 is 0. The highest BCUT2D eigenvalue weighted by Crippen LogP contribution is 2.31. The first-order valence-corrected chi connectivity index (χ1v) is 9.52. The maximum absolute atomic E-state index is 12.2. The smallest absolute Gasteiger partial charge is 0.329 e. The van der Waals surface area contributed by atoms with E-state index in [1.54, 1.807) is 0 Å². The fourth-order valence-electron chi connectivity index (χ4n) is 4.59. The molecule has 3 amide bonds. The predicted octanol–water partition coefficient (Wildman–Crippen LogP) is 1.55. The van der Waals surface area contributed by atoms with E-state index in [1.165, 1.54) is 23.3 Å². The summed E-state index contributed by atoms with van der Waals surface area (Å²) in [6.07, 6.45) is 2.82. The molecule has 0 aliphatic carbocycles. The fraction of sp³-hybridized carbons (Fsp3) is 0.526. The molecule has 6 rings (SSSR count). The number of rotatable bonds is 3. The van der Waals surface area contributed by atoms with Gasteiger partial charge in [0.1, 0.15) is 0 Å². The number of hydrogen-bond donors (Lipinski definition) is 1. The molecule has 2 unspecified atom stereocenters. The number of carbonyl (C=O) groups excluding carboxylic acids is 2. The van der Waals surface area contributed by atoms with Crippen LogP contribution in [-0.2, 0) is 11.3 Å². The molecule has 4 aliphatic rings. The second kappa shape index (κ2) is 6.31. The summed E-state index contributed by atoms with van der Waals surface area (Å²) in [6.45, 7) is 3.44. The highest BCUT2D eigenvalue weighted by atomic mass is 16.5. The average molecular weight is 369 g/mol. The third-order valence-electron chi connectivity index (χ3n) is 6.13. The minimum absolute atomic E-state index is 0.255. The Morgan fingerprint density at radius 3 is 2.81 bits per heavy atom. The number of benzene rings is 1. The number of anilines is 1. The second-order valence-electron chi connectivity index (χ2n) is 7.85. The van der Waals surface area contributed by atoms with Crippen molar-refractivity contribution in [2.75, 3.05) is 31.6 Å². The Hall–Kier alpha value is -2.45. The van der Waals surface area contributed by atoms with Crippen LogP contribution in [0.25, 0.3) is 11.0 Å². The number of piperidine rings is 2. The first-order chi connectivity index (χ1) is 13.1. The quantitative estimate of drug-likeness (QED) is 0.884. The molecule has 1 aromatic heterocycles. The van der Waals surface area contributed by atoms with Crippen LogP contribution in [0.15, 0.2) is 22.7 Å². The molecule has 27 heavy (non-hydrogen) atoms. The van der Waals surface area contributed by atoms with Gasteiger partial charge in [-0.25, -0.2) is 4.79 Å². The van der Waals surface area contributed by atoms with Crippen molar-refractivity contribution in [3.63, 3.8) is 0 Å². The molecule has 2 bridgehead atoms. The van der Waals surface area contributed by atoms with Gasteiger partial charge in [-0.2, -0.15) is 0 Å². The number of fused-ring (bicyclic) bond motifs is 4. The molecule has 5 heterocycles. The Bertz CT molecular complexity index is 910. The molecular weight excluding hydrogens is 346 g/mol. The van der Waals surface area contributed by atoms with Crippen LogP contribution in [0.5, 0.6) is 0 Å². The summed E-state index contributed by atoms with van der Waals surface area (Å²) in [5.41, 5.74) is 1.84. The number of likely N-dealkylation sites (N-methyl/N-ethyl adjacent to an activating group) is 1. The highest BCUT2D eigenvalue weighted by Gasteiger charge is 2.37. The first-order valence-electron chi connectivity index (χ1n) is 9.52. The minimum Gasteiger partial charge on any atom is -0.354 e. The largest absolute Gasteiger partial charge is 0.354 e. The normalized spacial score (nSPS) is 26.8. The monoisotopic (exact) mass is 369 g/mol. The standard InChI is InChI=1S/C19H23N5O3/c1-22-10-14-4-3-13(22)11-23(14)9-12-2-5-16-15(8-12)18(21-27-16)24-7-6-17(25)20-19(24)26/h2,5,8,13-14H,3-4,6-7,9-11H2,1H3,(H,20,25,26). The Balaban J connectivity index is 1.40. The lowest BCUT2D eigenvalue weighted by Crippen LogP contribution is -2.60. The van der Waals surface area contributed by atoms with Gasteiger partial charge in [0.2, 0.25) is 5.91 Å². The average Bonchev–Trinajstić information content (AvgIpc) is 3.06. The van der Waals surface area contributed by atoms with Crippen LogP contribution in [0.1, 0.15) is 24.8 Å². The minimum atomic E-state index is -0.441. The molecule has 8 heteroatoms. The molecule has 0 radical (unpaired) electrons. The van der Waals surface area contributed by atoms with Gasteiger partial charge in [0.05, 0.1) is 5.39 Å². The molecule has 4 fully saturated rings. The van der Waals surface area contributed by atoms with Crippen LogP contribution >= 0.6 is 0 Å². The van der Waals surface area contributed by atoms with Gasteiger partial charge >= 0.3 is 6.03 Å². The number of nitrogens with zero attached hydrogens (tertiary/aromatic N) is 4. The number of amides is 3. The summed E-state index contributed by atoms with van der Waals surface area (Å²) in [5.74, 6) is 0.228. The van der Waals surface area contributed by atoms with Crippen LogP contribution < -0.4 is 10.2 Å². The lowest BCUT2D eigenvalue weighted by molar-refractivity contribution is -0.120. The Kier molecular flexibility index (Phi) is 3.91. The molecule has 142 valence electrons. The summed E-state index contributed by atoms with van der Waals surface area (Å²) in [7, 11) is 2.22. The molecule has 1 aromatic carbocycles. The van der Waals surface area contributed by atoms with Crippen molar-refractivity contribution < 1.29 is 14.1 Å². The molecule has 4 saturated heterocycles. The molecule has 8 nitrogen and oxygen atoms in total. The molecule has 4 aliphatic heterocycles. The van der Waals surface area contributed by atoms with Crippen molar-refractivity contribution in [2.45, 2.75) is 37.9 Å². The number of urea groups is 1. The van der Waals surface area contributed by atoms with E-state index in [0.29, 0.717) is 30.0 Å². The van der Waals surface area contributed by atoms with Crippen molar-refractivity contribution in [2.24, 2.45) is 0 Å². The second-order valence-corrected chi connectivity index (χ2v) is 7.85. The van der Waals surface area contributed by atoms with E-state index in [0.717, 1.165) is 25.0 Å². The van der Waals surface area contributed by atoms with Crippen molar-refractivity contribution in [3.05, 3.63) is 23.8 Å².